The SMILES string of the molecule is O=C(O)C1C2CCC(C2)CN1C(=O)OCc1ccccc1. The summed E-state index contributed by atoms with van der Waals surface area (Å²) in [5.74, 6) is -0.419. The molecule has 1 aliphatic heterocycles. The van der Waals surface area contributed by atoms with E-state index < -0.39 is 18.1 Å². The largest absolute Gasteiger partial charge is 0.480 e. The molecule has 0 spiro atoms. The minimum Gasteiger partial charge on any atom is -0.480 e. The van der Waals surface area contributed by atoms with E-state index in [1.807, 2.05) is 30.3 Å². The maximum Gasteiger partial charge on any atom is 0.410 e. The van der Waals surface area contributed by atoms with Crippen molar-refractivity contribution in [2.45, 2.75) is 31.9 Å². The number of hydrogen-bond acceptors (Lipinski definition) is 3. The summed E-state index contributed by atoms with van der Waals surface area (Å²) in [6.45, 7) is 0.679. The highest BCUT2D eigenvalue weighted by molar-refractivity contribution is 5.80. The summed E-state index contributed by atoms with van der Waals surface area (Å²) in [6, 6.07) is 8.68. The molecule has 1 heterocycles. The zero-order valence-electron chi connectivity index (χ0n) is 11.8. The van der Waals surface area contributed by atoms with Gasteiger partial charge in [-0.1, -0.05) is 30.3 Å². The summed E-state index contributed by atoms with van der Waals surface area (Å²) in [6.07, 6.45) is 2.31. The zero-order valence-corrected chi connectivity index (χ0v) is 11.8. The van der Waals surface area contributed by atoms with Crippen LogP contribution in [0.2, 0.25) is 0 Å². The van der Waals surface area contributed by atoms with Crippen molar-refractivity contribution in [3.63, 3.8) is 0 Å². The Bertz CT molecular complexity index is 530. The highest BCUT2D eigenvalue weighted by Gasteiger charge is 2.46. The average Bonchev–Trinajstić information content (AvgIpc) is 2.86. The zero-order chi connectivity index (χ0) is 14.8. The molecule has 2 aliphatic rings. The quantitative estimate of drug-likeness (QED) is 0.928. The van der Waals surface area contributed by atoms with Gasteiger partial charge in [0.05, 0.1) is 0 Å². The van der Waals surface area contributed by atoms with Crippen molar-refractivity contribution >= 4 is 12.1 Å². The van der Waals surface area contributed by atoms with Crippen molar-refractivity contribution < 1.29 is 19.4 Å². The van der Waals surface area contributed by atoms with Crippen LogP contribution in [0.4, 0.5) is 4.79 Å². The summed E-state index contributed by atoms with van der Waals surface area (Å²) < 4.78 is 5.30. The Hall–Kier alpha value is -2.04. The minimum absolute atomic E-state index is 0.0746. The third-order valence-electron chi connectivity index (χ3n) is 4.51. The van der Waals surface area contributed by atoms with Gasteiger partial charge in [-0.15, -0.1) is 0 Å². The monoisotopic (exact) mass is 289 g/mol. The predicted octanol–water partition coefficient (Wildman–Crippen LogP) is 2.51. The first-order chi connectivity index (χ1) is 10.1. The van der Waals surface area contributed by atoms with Crippen LogP contribution in [0.15, 0.2) is 30.3 Å². The molecule has 2 bridgehead atoms. The Morgan fingerprint density at radius 2 is 2.00 bits per heavy atom. The van der Waals surface area contributed by atoms with Gasteiger partial charge in [-0.25, -0.2) is 9.59 Å². The first-order valence-electron chi connectivity index (χ1n) is 7.35. The molecule has 2 fully saturated rings. The Labute approximate surface area is 123 Å². The molecule has 5 nitrogen and oxygen atoms in total. The first-order valence-corrected chi connectivity index (χ1v) is 7.35. The van der Waals surface area contributed by atoms with Gasteiger partial charge in [0.25, 0.3) is 0 Å². The third-order valence-corrected chi connectivity index (χ3v) is 4.51. The fourth-order valence-corrected chi connectivity index (χ4v) is 3.54. The van der Waals surface area contributed by atoms with E-state index in [0.29, 0.717) is 12.5 Å². The number of carboxylic acids is 1. The number of carbonyl (C=O) groups excluding carboxylic acids is 1. The molecule has 1 saturated heterocycles. The van der Waals surface area contributed by atoms with Gasteiger partial charge in [-0.3, -0.25) is 4.90 Å². The Kier molecular flexibility index (Phi) is 3.82. The van der Waals surface area contributed by atoms with E-state index in [1.54, 1.807) is 0 Å². The van der Waals surface area contributed by atoms with Crippen LogP contribution in [0.3, 0.4) is 0 Å². The molecule has 1 aromatic rings. The molecule has 3 unspecified atom stereocenters. The number of carbonyl (C=O) groups is 2. The van der Waals surface area contributed by atoms with Crippen molar-refractivity contribution in [3.8, 4) is 0 Å². The van der Waals surface area contributed by atoms with Crippen LogP contribution in [-0.2, 0) is 16.1 Å². The van der Waals surface area contributed by atoms with E-state index >= 15 is 0 Å². The molecule has 3 atom stereocenters. The molecular weight excluding hydrogens is 270 g/mol. The normalized spacial score (nSPS) is 27.4. The van der Waals surface area contributed by atoms with E-state index in [1.165, 1.54) is 4.90 Å². The van der Waals surface area contributed by atoms with Gasteiger partial charge in [0, 0.05) is 6.54 Å². The third kappa shape index (κ3) is 2.86. The van der Waals surface area contributed by atoms with Gasteiger partial charge >= 0.3 is 12.1 Å². The second kappa shape index (κ2) is 5.76. The first kappa shape index (κ1) is 13.9. The summed E-state index contributed by atoms with van der Waals surface area (Å²) in [5.41, 5.74) is 0.901. The summed E-state index contributed by atoms with van der Waals surface area (Å²) in [5, 5.41) is 9.41. The fourth-order valence-electron chi connectivity index (χ4n) is 3.54. The lowest BCUT2D eigenvalue weighted by molar-refractivity contribution is -0.146. The highest BCUT2D eigenvalue weighted by Crippen LogP contribution is 2.40. The van der Waals surface area contributed by atoms with Gasteiger partial charge < -0.3 is 9.84 Å². The number of benzene rings is 1. The number of nitrogens with zero attached hydrogens (tertiary/aromatic N) is 1. The predicted molar refractivity (Wildman–Crippen MR) is 75.6 cm³/mol. The number of rotatable bonds is 3. The number of likely N-dealkylation sites (tertiary alicyclic amines) is 1. The molecule has 1 N–H and O–H groups in total. The highest BCUT2D eigenvalue weighted by atomic mass is 16.6. The molecule has 5 heteroatoms. The number of piperidine rings is 1. The smallest absolute Gasteiger partial charge is 0.410 e. The van der Waals surface area contributed by atoms with E-state index in [4.69, 9.17) is 4.74 Å². The van der Waals surface area contributed by atoms with Crippen LogP contribution in [0.5, 0.6) is 0 Å². The lowest BCUT2D eigenvalue weighted by Crippen LogP contribution is -2.52. The fraction of sp³-hybridized carbons (Fsp3) is 0.500. The van der Waals surface area contributed by atoms with Crippen LogP contribution >= 0.6 is 0 Å². The van der Waals surface area contributed by atoms with Crippen LogP contribution in [0, 0.1) is 11.8 Å². The maximum absolute atomic E-state index is 12.2. The van der Waals surface area contributed by atoms with Crippen molar-refractivity contribution in [1.82, 2.24) is 4.90 Å². The number of hydrogen-bond donors (Lipinski definition) is 1. The number of fused-ring (bicyclic) bond motifs is 2. The summed E-state index contributed by atoms with van der Waals surface area (Å²) >= 11 is 0. The van der Waals surface area contributed by atoms with E-state index in [9.17, 15) is 14.7 Å². The van der Waals surface area contributed by atoms with Crippen molar-refractivity contribution in [1.29, 1.82) is 0 Å². The number of amides is 1. The molecule has 1 aromatic carbocycles. The van der Waals surface area contributed by atoms with Gasteiger partial charge in [-0.05, 0) is 36.7 Å². The van der Waals surface area contributed by atoms with Crippen LogP contribution in [0.1, 0.15) is 24.8 Å². The number of ether oxygens (including phenoxy) is 1. The molecule has 1 aliphatic carbocycles. The summed E-state index contributed by atoms with van der Waals surface area (Å²) in [7, 11) is 0. The second-order valence-corrected chi connectivity index (χ2v) is 5.91. The lowest BCUT2D eigenvalue weighted by Gasteiger charge is -2.36. The standard InChI is InChI=1S/C16H19NO4/c18-15(19)14-13-7-6-12(8-13)9-17(14)16(20)21-10-11-4-2-1-3-5-11/h1-5,12-14H,6-10H2,(H,18,19). The summed E-state index contributed by atoms with van der Waals surface area (Å²) in [4.78, 5) is 25.1. The molecule has 21 heavy (non-hydrogen) atoms. The second-order valence-electron chi connectivity index (χ2n) is 5.91. The maximum atomic E-state index is 12.2. The van der Waals surface area contributed by atoms with Crippen LogP contribution < -0.4 is 0 Å². The number of carboxylic acid groups (broad SMARTS) is 1. The molecule has 0 aromatic heterocycles. The Morgan fingerprint density at radius 3 is 2.71 bits per heavy atom. The molecule has 0 radical (unpaired) electrons. The molecule has 112 valence electrons. The van der Waals surface area contributed by atoms with Crippen LogP contribution in [0.25, 0.3) is 0 Å². The molecule has 1 saturated carbocycles. The van der Waals surface area contributed by atoms with Crippen molar-refractivity contribution in [3.05, 3.63) is 35.9 Å². The van der Waals surface area contributed by atoms with Gasteiger partial charge in [0.15, 0.2) is 0 Å². The Balaban J connectivity index is 1.66. The van der Waals surface area contributed by atoms with E-state index in [2.05, 4.69) is 0 Å². The van der Waals surface area contributed by atoms with E-state index in [0.717, 1.165) is 24.8 Å². The van der Waals surface area contributed by atoms with Gasteiger partial charge in [0.2, 0.25) is 0 Å². The topological polar surface area (TPSA) is 66.8 Å². The number of aliphatic carboxylic acids is 1. The molecule has 1 amide bonds. The van der Waals surface area contributed by atoms with Crippen molar-refractivity contribution in [2.24, 2.45) is 11.8 Å². The van der Waals surface area contributed by atoms with Gasteiger partial charge in [0.1, 0.15) is 12.6 Å². The minimum atomic E-state index is -0.919. The lowest BCUT2D eigenvalue weighted by atomic mass is 9.91. The Morgan fingerprint density at radius 1 is 1.24 bits per heavy atom. The molecular formula is C16H19NO4. The van der Waals surface area contributed by atoms with Gasteiger partial charge in [-0.2, -0.15) is 0 Å². The van der Waals surface area contributed by atoms with Crippen molar-refractivity contribution in [2.75, 3.05) is 6.54 Å². The van der Waals surface area contributed by atoms with Crippen LogP contribution in [-0.4, -0.2) is 34.7 Å². The molecule has 3 rings (SSSR count). The van der Waals surface area contributed by atoms with E-state index in [-0.39, 0.29) is 12.5 Å². The average molecular weight is 289 g/mol.